The Morgan fingerprint density at radius 2 is 1.93 bits per heavy atom. The molecule has 154 valence electrons. The van der Waals surface area contributed by atoms with Gasteiger partial charge in [0.05, 0.1) is 6.61 Å². The minimum Gasteiger partial charge on any atom is -0.477 e. The number of anilines is 1. The molecule has 1 fully saturated rings. The molecule has 0 aliphatic carbocycles. The van der Waals surface area contributed by atoms with E-state index in [1.165, 1.54) is 5.56 Å². The molecule has 1 aromatic heterocycles. The summed E-state index contributed by atoms with van der Waals surface area (Å²) in [4.78, 5) is 30.3. The Labute approximate surface area is 171 Å². The largest absolute Gasteiger partial charge is 0.477 e. The molecule has 0 radical (unpaired) electrons. The molecule has 0 bridgehead atoms. The summed E-state index contributed by atoms with van der Waals surface area (Å²) in [6.45, 7) is 5.08. The maximum atomic E-state index is 12.5. The lowest BCUT2D eigenvalue weighted by Gasteiger charge is -2.30. The van der Waals surface area contributed by atoms with Crippen LogP contribution in [0.4, 0.5) is 5.69 Å². The molecule has 0 spiro atoms. The number of primary amides is 1. The van der Waals surface area contributed by atoms with E-state index in [0.717, 1.165) is 44.6 Å². The van der Waals surface area contributed by atoms with Gasteiger partial charge in [0.25, 0.3) is 5.91 Å². The van der Waals surface area contributed by atoms with Crippen LogP contribution < -0.4 is 15.8 Å². The average Bonchev–Trinajstić information content (AvgIpc) is 2.74. The van der Waals surface area contributed by atoms with Gasteiger partial charge in [0.15, 0.2) is 0 Å². The molecule has 1 aromatic carbocycles. The van der Waals surface area contributed by atoms with Crippen molar-refractivity contribution in [2.75, 3.05) is 31.6 Å². The Morgan fingerprint density at radius 1 is 1.21 bits per heavy atom. The molecule has 2 aromatic rings. The van der Waals surface area contributed by atoms with Crippen LogP contribution in [0.3, 0.4) is 0 Å². The highest BCUT2D eigenvalue weighted by molar-refractivity contribution is 6.05. The summed E-state index contributed by atoms with van der Waals surface area (Å²) in [6, 6.07) is 11.3. The number of piperidine rings is 1. The topological polar surface area (TPSA) is 97.6 Å². The third kappa shape index (κ3) is 5.77. The number of benzene rings is 1. The second-order valence-corrected chi connectivity index (χ2v) is 7.21. The van der Waals surface area contributed by atoms with E-state index in [1.807, 2.05) is 31.2 Å². The zero-order valence-electron chi connectivity index (χ0n) is 16.8. The molecular weight excluding hydrogens is 368 g/mol. The summed E-state index contributed by atoms with van der Waals surface area (Å²) in [5.41, 5.74) is 7.74. The number of amides is 2. The van der Waals surface area contributed by atoms with Gasteiger partial charge in [-0.15, -0.1) is 0 Å². The number of carbonyl (C=O) groups excluding carboxylic acids is 2. The second-order valence-electron chi connectivity index (χ2n) is 7.21. The van der Waals surface area contributed by atoms with Crippen molar-refractivity contribution >= 4 is 17.5 Å². The number of pyridine rings is 1. The maximum absolute atomic E-state index is 12.5. The maximum Gasteiger partial charge on any atom is 0.261 e. The van der Waals surface area contributed by atoms with Gasteiger partial charge in [-0.2, -0.15) is 0 Å². The van der Waals surface area contributed by atoms with Crippen molar-refractivity contribution in [3.8, 4) is 5.88 Å². The fourth-order valence-corrected chi connectivity index (χ4v) is 3.50. The Morgan fingerprint density at radius 3 is 2.59 bits per heavy atom. The number of aromatic nitrogens is 1. The van der Waals surface area contributed by atoms with Crippen LogP contribution in [0.1, 0.15) is 35.7 Å². The molecule has 29 heavy (non-hydrogen) atoms. The molecule has 1 saturated heterocycles. The summed E-state index contributed by atoms with van der Waals surface area (Å²) in [5.74, 6) is -0.0602. The number of hydrogen-bond donors (Lipinski definition) is 2. The van der Waals surface area contributed by atoms with Crippen molar-refractivity contribution < 1.29 is 14.3 Å². The minimum absolute atomic E-state index is 0.0252. The van der Waals surface area contributed by atoms with Gasteiger partial charge in [-0.05, 0) is 69.1 Å². The fourth-order valence-electron chi connectivity index (χ4n) is 3.50. The van der Waals surface area contributed by atoms with Crippen LogP contribution in [0.25, 0.3) is 0 Å². The first kappa shape index (κ1) is 20.8. The molecule has 2 heterocycles. The van der Waals surface area contributed by atoms with Gasteiger partial charge in [-0.3, -0.25) is 9.59 Å². The molecule has 3 N–H and O–H groups in total. The highest BCUT2D eigenvalue weighted by Crippen LogP contribution is 2.19. The third-order valence-electron chi connectivity index (χ3n) is 5.22. The quantitative estimate of drug-likeness (QED) is 0.714. The van der Waals surface area contributed by atoms with Crippen molar-refractivity contribution in [3.63, 3.8) is 0 Å². The summed E-state index contributed by atoms with van der Waals surface area (Å²) in [7, 11) is 0. The fraction of sp³-hybridized carbons (Fsp3) is 0.409. The molecule has 0 unspecified atom stereocenters. The van der Waals surface area contributed by atoms with E-state index in [0.29, 0.717) is 18.1 Å². The molecule has 7 heteroatoms. The predicted octanol–water partition coefficient (Wildman–Crippen LogP) is 2.47. The summed E-state index contributed by atoms with van der Waals surface area (Å²) >= 11 is 0. The van der Waals surface area contributed by atoms with Gasteiger partial charge in [-0.1, -0.05) is 12.1 Å². The number of rotatable bonds is 8. The van der Waals surface area contributed by atoms with E-state index in [9.17, 15) is 9.59 Å². The minimum atomic E-state index is -0.244. The zero-order chi connectivity index (χ0) is 20.6. The van der Waals surface area contributed by atoms with Crippen molar-refractivity contribution in [1.82, 2.24) is 9.88 Å². The number of carbonyl (C=O) groups is 2. The molecular formula is C22H28N4O3. The lowest BCUT2D eigenvalue weighted by Crippen LogP contribution is -2.39. The third-order valence-corrected chi connectivity index (χ3v) is 5.22. The van der Waals surface area contributed by atoms with Crippen molar-refractivity contribution in [2.45, 2.75) is 26.2 Å². The highest BCUT2D eigenvalue weighted by atomic mass is 16.5. The van der Waals surface area contributed by atoms with E-state index >= 15 is 0 Å². The van der Waals surface area contributed by atoms with Crippen LogP contribution in [-0.2, 0) is 11.2 Å². The van der Waals surface area contributed by atoms with E-state index in [-0.39, 0.29) is 17.7 Å². The van der Waals surface area contributed by atoms with E-state index in [1.54, 1.807) is 18.3 Å². The van der Waals surface area contributed by atoms with Crippen LogP contribution >= 0.6 is 0 Å². The Kier molecular flexibility index (Phi) is 7.19. The number of ether oxygens (including phenoxy) is 1. The average molecular weight is 396 g/mol. The van der Waals surface area contributed by atoms with Crippen molar-refractivity contribution in [2.24, 2.45) is 11.7 Å². The summed E-state index contributed by atoms with van der Waals surface area (Å²) in [5, 5.41) is 2.89. The standard InChI is InChI=1S/C22H28N4O3/c1-2-29-22-19(4-3-12-24-22)21(28)25-18-7-5-16(6-8-18)9-13-26-14-10-17(11-15-26)20(23)27/h3-8,12,17H,2,9-11,13-15H2,1H3,(H2,23,27)(H,25,28). The first-order valence-electron chi connectivity index (χ1n) is 10.1. The zero-order valence-corrected chi connectivity index (χ0v) is 16.8. The molecule has 3 rings (SSSR count). The Hall–Kier alpha value is -2.93. The van der Waals surface area contributed by atoms with Crippen molar-refractivity contribution in [1.29, 1.82) is 0 Å². The summed E-state index contributed by atoms with van der Waals surface area (Å²) in [6.07, 6.45) is 4.22. The van der Waals surface area contributed by atoms with Gasteiger partial charge in [0.1, 0.15) is 5.56 Å². The van der Waals surface area contributed by atoms with Gasteiger partial charge in [0.2, 0.25) is 11.8 Å². The number of nitrogens with one attached hydrogen (secondary N) is 1. The van der Waals surface area contributed by atoms with Gasteiger partial charge in [-0.25, -0.2) is 4.98 Å². The Balaban J connectivity index is 1.50. The monoisotopic (exact) mass is 396 g/mol. The lowest BCUT2D eigenvalue weighted by molar-refractivity contribution is -0.123. The molecule has 2 amide bonds. The van der Waals surface area contributed by atoms with Crippen molar-refractivity contribution in [3.05, 3.63) is 53.7 Å². The number of nitrogens with zero attached hydrogens (tertiary/aromatic N) is 2. The number of likely N-dealkylation sites (tertiary alicyclic amines) is 1. The first-order valence-corrected chi connectivity index (χ1v) is 10.1. The van der Waals surface area contributed by atoms with Gasteiger partial charge < -0.3 is 20.7 Å². The van der Waals surface area contributed by atoms with E-state index in [4.69, 9.17) is 10.5 Å². The Bertz CT molecular complexity index is 830. The van der Waals surface area contributed by atoms with Gasteiger partial charge >= 0.3 is 0 Å². The number of hydrogen-bond acceptors (Lipinski definition) is 5. The molecule has 1 aliphatic rings. The lowest BCUT2D eigenvalue weighted by atomic mass is 9.96. The van der Waals surface area contributed by atoms with Crippen LogP contribution in [0.5, 0.6) is 5.88 Å². The molecule has 0 atom stereocenters. The highest BCUT2D eigenvalue weighted by Gasteiger charge is 2.22. The van der Waals surface area contributed by atoms with Gasteiger partial charge in [0, 0.05) is 24.3 Å². The van der Waals surface area contributed by atoms with Crippen LogP contribution in [0.2, 0.25) is 0 Å². The molecule has 0 saturated carbocycles. The van der Waals surface area contributed by atoms with Crippen LogP contribution in [0, 0.1) is 5.92 Å². The molecule has 7 nitrogen and oxygen atoms in total. The van der Waals surface area contributed by atoms with Crippen LogP contribution in [-0.4, -0.2) is 47.9 Å². The SMILES string of the molecule is CCOc1ncccc1C(=O)Nc1ccc(CCN2CCC(C(N)=O)CC2)cc1. The second kappa shape index (κ2) is 10.0. The normalized spacial score (nSPS) is 15.1. The van der Waals surface area contributed by atoms with E-state index < -0.39 is 0 Å². The molecule has 1 aliphatic heterocycles. The number of nitrogens with two attached hydrogens (primary N) is 1. The first-order chi connectivity index (χ1) is 14.1. The summed E-state index contributed by atoms with van der Waals surface area (Å²) < 4.78 is 5.42. The van der Waals surface area contributed by atoms with E-state index in [2.05, 4.69) is 15.2 Å². The van der Waals surface area contributed by atoms with Crippen LogP contribution in [0.15, 0.2) is 42.6 Å². The smallest absolute Gasteiger partial charge is 0.261 e. The predicted molar refractivity (Wildman–Crippen MR) is 112 cm³/mol.